The monoisotopic (exact) mass is 364 g/mol. The molecule has 0 saturated carbocycles. The fourth-order valence-corrected chi connectivity index (χ4v) is 2.94. The van der Waals surface area contributed by atoms with E-state index in [1.165, 1.54) is 32.4 Å². The van der Waals surface area contributed by atoms with Gasteiger partial charge in [-0.15, -0.1) is 0 Å². The minimum Gasteiger partial charge on any atom is -0.507 e. The van der Waals surface area contributed by atoms with Crippen LogP contribution >= 0.6 is 0 Å². The molecule has 0 unspecified atom stereocenters. The van der Waals surface area contributed by atoms with Gasteiger partial charge in [0.1, 0.15) is 11.5 Å². The number of allylic oxidation sites excluding steroid dienone is 1. The first-order chi connectivity index (χ1) is 13.1. The molecule has 0 aromatic heterocycles. The number of aromatic hydroxyl groups is 1. The van der Waals surface area contributed by atoms with Crippen molar-refractivity contribution in [1.82, 2.24) is 0 Å². The van der Waals surface area contributed by atoms with Gasteiger partial charge < -0.3 is 19.3 Å². The van der Waals surface area contributed by atoms with Gasteiger partial charge in [-0.1, -0.05) is 36.4 Å². The van der Waals surface area contributed by atoms with Crippen molar-refractivity contribution in [3.8, 4) is 23.0 Å². The van der Waals surface area contributed by atoms with E-state index in [1.54, 1.807) is 13.2 Å². The van der Waals surface area contributed by atoms with Crippen LogP contribution in [0.5, 0.6) is 23.0 Å². The summed E-state index contributed by atoms with van der Waals surface area (Å²) in [6.07, 6.45) is 3.15. The van der Waals surface area contributed by atoms with Gasteiger partial charge >= 0.3 is 0 Å². The first-order valence-corrected chi connectivity index (χ1v) is 8.32. The molecule has 0 amide bonds. The molecule has 5 nitrogen and oxygen atoms in total. The maximum atomic E-state index is 12.6. The maximum Gasteiger partial charge on any atom is 0.189 e. The van der Waals surface area contributed by atoms with E-state index in [2.05, 4.69) is 0 Å². The fourth-order valence-electron chi connectivity index (χ4n) is 2.94. The summed E-state index contributed by atoms with van der Waals surface area (Å²) in [5, 5.41) is 12.1. The van der Waals surface area contributed by atoms with Gasteiger partial charge in [0, 0.05) is 11.5 Å². The van der Waals surface area contributed by atoms with E-state index in [0.29, 0.717) is 11.5 Å². The van der Waals surface area contributed by atoms with Crippen molar-refractivity contribution in [2.45, 2.75) is 0 Å². The molecule has 0 fully saturated rings. The summed E-state index contributed by atoms with van der Waals surface area (Å²) in [5.41, 5.74) is 1.02. The molecule has 0 aliphatic carbocycles. The number of carbonyl (C=O) groups excluding carboxylic acids is 1. The summed E-state index contributed by atoms with van der Waals surface area (Å²) in [7, 11) is 4.57. The summed E-state index contributed by atoms with van der Waals surface area (Å²) < 4.78 is 15.7. The lowest BCUT2D eigenvalue weighted by atomic mass is 10.0. The van der Waals surface area contributed by atoms with Crippen LogP contribution in [0.3, 0.4) is 0 Å². The third-order valence-electron chi connectivity index (χ3n) is 4.32. The number of methoxy groups -OCH3 is 3. The number of ketones is 1. The number of hydrogen-bond donors (Lipinski definition) is 1. The van der Waals surface area contributed by atoms with Crippen molar-refractivity contribution < 1.29 is 24.1 Å². The van der Waals surface area contributed by atoms with Crippen LogP contribution in [0.25, 0.3) is 16.8 Å². The number of benzene rings is 3. The Morgan fingerprint density at radius 3 is 2.15 bits per heavy atom. The zero-order valence-electron chi connectivity index (χ0n) is 15.4. The Bertz CT molecular complexity index is 1020. The van der Waals surface area contributed by atoms with Gasteiger partial charge in [-0.25, -0.2) is 0 Å². The molecule has 0 spiro atoms. The molecule has 0 heterocycles. The van der Waals surface area contributed by atoms with E-state index in [0.717, 1.165) is 22.1 Å². The quantitative estimate of drug-likeness (QED) is 0.516. The van der Waals surface area contributed by atoms with Gasteiger partial charge in [0.25, 0.3) is 0 Å². The second-order valence-electron chi connectivity index (χ2n) is 5.82. The smallest absolute Gasteiger partial charge is 0.189 e. The van der Waals surface area contributed by atoms with E-state index in [1.807, 2.05) is 36.4 Å². The highest BCUT2D eigenvalue weighted by molar-refractivity contribution is 6.10. The second kappa shape index (κ2) is 7.83. The highest BCUT2D eigenvalue weighted by atomic mass is 16.5. The zero-order valence-corrected chi connectivity index (χ0v) is 15.4. The van der Waals surface area contributed by atoms with Gasteiger partial charge in [0.05, 0.1) is 26.9 Å². The molecule has 0 bridgehead atoms. The Balaban J connectivity index is 1.98. The van der Waals surface area contributed by atoms with Gasteiger partial charge in [-0.3, -0.25) is 4.79 Å². The van der Waals surface area contributed by atoms with Crippen LogP contribution in [0, 0.1) is 0 Å². The third-order valence-corrected chi connectivity index (χ3v) is 4.32. The largest absolute Gasteiger partial charge is 0.507 e. The summed E-state index contributed by atoms with van der Waals surface area (Å²) in [6, 6.07) is 14.4. The second-order valence-corrected chi connectivity index (χ2v) is 5.82. The number of hydrogen-bond acceptors (Lipinski definition) is 5. The first kappa shape index (κ1) is 18.3. The van der Waals surface area contributed by atoms with Gasteiger partial charge in [0.2, 0.25) is 0 Å². The molecule has 0 saturated heterocycles. The Morgan fingerprint density at radius 1 is 0.852 bits per heavy atom. The van der Waals surface area contributed by atoms with Crippen LogP contribution in [0.1, 0.15) is 15.9 Å². The van der Waals surface area contributed by atoms with Crippen molar-refractivity contribution in [3.05, 3.63) is 65.7 Å². The predicted molar refractivity (Wildman–Crippen MR) is 105 cm³/mol. The molecule has 3 aromatic rings. The van der Waals surface area contributed by atoms with E-state index in [9.17, 15) is 9.90 Å². The van der Waals surface area contributed by atoms with E-state index < -0.39 is 0 Å². The molecule has 5 heteroatoms. The number of ether oxygens (including phenoxy) is 3. The highest BCUT2D eigenvalue weighted by Gasteiger charge is 2.15. The van der Waals surface area contributed by atoms with Crippen LogP contribution in [0.15, 0.2) is 54.6 Å². The normalized spacial score (nSPS) is 10.9. The lowest BCUT2D eigenvalue weighted by molar-refractivity contribution is 0.104. The Labute approximate surface area is 157 Å². The van der Waals surface area contributed by atoms with Gasteiger partial charge in [-0.2, -0.15) is 0 Å². The molecule has 3 rings (SSSR count). The molecule has 138 valence electrons. The van der Waals surface area contributed by atoms with Crippen molar-refractivity contribution >= 4 is 22.6 Å². The van der Waals surface area contributed by atoms with E-state index in [4.69, 9.17) is 14.2 Å². The molecule has 0 radical (unpaired) electrons. The first-order valence-electron chi connectivity index (χ1n) is 8.32. The molecule has 0 aliphatic heterocycles. The lowest BCUT2D eigenvalue weighted by Gasteiger charge is -2.10. The molecular weight excluding hydrogens is 344 g/mol. The Morgan fingerprint density at radius 2 is 1.48 bits per heavy atom. The molecule has 0 atom stereocenters. The summed E-state index contributed by atoms with van der Waals surface area (Å²) in [6.45, 7) is 0. The number of fused-ring (bicyclic) bond motifs is 1. The van der Waals surface area contributed by atoms with E-state index >= 15 is 0 Å². The van der Waals surface area contributed by atoms with Crippen LogP contribution in [0.2, 0.25) is 0 Å². The predicted octanol–water partition coefficient (Wildman–Crippen LogP) is 4.47. The molecule has 0 aliphatic rings. The minimum atomic E-state index is -0.339. The van der Waals surface area contributed by atoms with Crippen LogP contribution in [-0.4, -0.2) is 32.2 Å². The average Bonchev–Trinajstić information content (AvgIpc) is 2.71. The standard InChI is InChI=1S/C22H20O5/c1-25-20-11-9-14(15-6-4-5-7-16(15)20)8-10-18(23)17-12-21(26-2)22(27-3)13-19(17)24/h4-13,24H,1-3H3/b10-8+. The highest BCUT2D eigenvalue weighted by Crippen LogP contribution is 2.34. The van der Waals surface area contributed by atoms with Crippen molar-refractivity contribution in [1.29, 1.82) is 0 Å². The van der Waals surface area contributed by atoms with Gasteiger partial charge in [0.15, 0.2) is 17.3 Å². The average molecular weight is 364 g/mol. The molecular formula is C22H20O5. The molecule has 27 heavy (non-hydrogen) atoms. The fraction of sp³-hybridized carbons (Fsp3) is 0.136. The Hall–Kier alpha value is -3.47. The zero-order chi connectivity index (χ0) is 19.4. The van der Waals surface area contributed by atoms with Crippen LogP contribution < -0.4 is 14.2 Å². The SMILES string of the molecule is COc1cc(O)c(C(=O)/C=C/c2ccc(OC)c3ccccc23)cc1OC. The van der Waals surface area contributed by atoms with Crippen LogP contribution in [-0.2, 0) is 0 Å². The number of rotatable bonds is 6. The lowest BCUT2D eigenvalue weighted by Crippen LogP contribution is -1.98. The number of carbonyl (C=O) groups is 1. The molecule has 3 aromatic carbocycles. The topological polar surface area (TPSA) is 65.0 Å². The van der Waals surface area contributed by atoms with E-state index in [-0.39, 0.29) is 17.1 Å². The summed E-state index contributed by atoms with van der Waals surface area (Å²) in [4.78, 5) is 12.6. The molecule has 1 N–H and O–H groups in total. The Kier molecular flexibility index (Phi) is 5.31. The van der Waals surface area contributed by atoms with Crippen molar-refractivity contribution in [2.24, 2.45) is 0 Å². The maximum absolute atomic E-state index is 12.6. The summed E-state index contributed by atoms with van der Waals surface area (Å²) >= 11 is 0. The number of phenols is 1. The number of phenolic OH excluding ortho intramolecular Hbond substituents is 1. The summed E-state index contributed by atoms with van der Waals surface area (Å²) in [5.74, 6) is 1.00. The van der Waals surface area contributed by atoms with Gasteiger partial charge in [-0.05, 0) is 29.2 Å². The third kappa shape index (κ3) is 3.58. The van der Waals surface area contributed by atoms with Crippen molar-refractivity contribution in [2.75, 3.05) is 21.3 Å². The van der Waals surface area contributed by atoms with Crippen molar-refractivity contribution in [3.63, 3.8) is 0 Å². The van der Waals surface area contributed by atoms with Crippen LogP contribution in [0.4, 0.5) is 0 Å². The minimum absolute atomic E-state index is 0.140.